The molecule has 0 aromatic carbocycles. The third kappa shape index (κ3) is 1.76. The molecule has 6 heavy (non-hydrogen) atoms. The van der Waals surface area contributed by atoms with Gasteiger partial charge in [-0.1, -0.05) is 0 Å². The molecule has 0 fully saturated rings. The van der Waals surface area contributed by atoms with E-state index in [2.05, 4.69) is 0 Å². The van der Waals surface area contributed by atoms with Crippen LogP contribution in [0.4, 0.5) is 4.39 Å². The Kier molecular flexibility index (Phi) is 2.46. The van der Waals surface area contributed by atoms with Gasteiger partial charge in [-0.15, -0.1) is 0 Å². The van der Waals surface area contributed by atoms with Crippen molar-refractivity contribution in [3.63, 3.8) is 0 Å². The first-order valence-electron chi connectivity index (χ1n) is 1.71. The average Bonchev–Trinajstić information content (AvgIpc) is 1.65. The minimum absolute atomic E-state index is 0.199. The Morgan fingerprint density at radius 1 is 2.00 bits per heavy atom. The van der Waals surface area contributed by atoms with Crippen LogP contribution in [0.15, 0.2) is 11.8 Å². The lowest BCUT2D eigenvalue weighted by Crippen LogP contribution is -1.77. The first-order chi connectivity index (χ1) is 2.81. The lowest BCUT2D eigenvalue weighted by molar-refractivity contribution is 0.343. The second kappa shape index (κ2) is 2.69. The van der Waals surface area contributed by atoms with Gasteiger partial charge in [0, 0.05) is 0 Å². The van der Waals surface area contributed by atoms with Crippen molar-refractivity contribution in [3.8, 4) is 0 Å². The molecule has 1 nitrogen and oxygen atoms in total. The molecule has 1 N–H and O–H groups in total. The highest BCUT2D eigenvalue weighted by Crippen LogP contribution is 1.84. The summed E-state index contributed by atoms with van der Waals surface area (Å²) in [6.45, 7) is 0.825. The molecule has 0 saturated carbocycles. The molecule has 0 bridgehead atoms. The standard InChI is InChI=1S/C4H7FO/c1-2-4(6)3-5/h2,6H,3H2,1H3/b4-2+. The maximum atomic E-state index is 11.1. The van der Waals surface area contributed by atoms with Gasteiger partial charge >= 0.3 is 0 Å². The Balaban J connectivity index is 3.22. The van der Waals surface area contributed by atoms with Crippen LogP contribution in [0.3, 0.4) is 0 Å². The smallest absolute Gasteiger partial charge is 0.146 e. The van der Waals surface area contributed by atoms with Gasteiger partial charge in [0.05, 0.1) is 0 Å². The summed E-state index contributed by atoms with van der Waals surface area (Å²) < 4.78 is 11.1. The van der Waals surface area contributed by atoms with Crippen LogP contribution in [0.2, 0.25) is 0 Å². The van der Waals surface area contributed by atoms with E-state index in [0.717, 1.165) is 0 Å². The molecule has 0 aliphatic carbocycles. The molecule has 0 amide bonds. The molecule has 0 heterocycles. The van der Waals surface area contributed by atoms with E-state index in [4.69, 9.17) is 5.11 Å². The van der Waals surface area contributed by atoms with Gasteiger partial charge in [-0.25, -0.2) is 4.39 Å². The van der Waals surface area contributed by atoms with Crippen LogP contribution in [0, 0.1) is 0 Å². The van der Waals surface area contributed by atoms with Gasteiger partial charge in [-0.05, 0) is 13.0 Å². The highest BCUT2D eigenvalue weighted by molar-refractivity contribution is 4.85. The molecule has 0 aliphatic heterocycles. The van der Waals surface area contributed by atoms with E-state index < -0.39 is 6.67 Å². The van der Waals surface area contributed by atoms with Crippen molar-refractivity contribution in [3.05, 3.63) is 11.8 Å². The molecule has 0 unspecified atom stereocenters. The van der Waals surface area contributed by atoms with E-state index in [1.807, 2.05) is 0 Å². The van der Waals surface area contributed by atoms with Crippen LogP contribution >= 0.6 is 0 Å². The summed E-state index contributed by atoms with van der Waals surface area (Å²) in [6, 6.07) is 0. The number of hydrogen-bond acceptors (Lipinski definition) is 1. The van der Waals surface area contributed by atoms with Gasteiger partial charge in [0.15, 0.2) is 0 Å². The predicted octanol–water partition coefficient (Wildman–Crippen LogP) is 1.42. The molecule has 0 aromatic rings. The predicted molar refractivity (Wildman–Crippen MR) is 22.4 cm³/mol. The molecule has 0 aliphatic rings. The fourth-order valence-corrected chi connectivity index (χ4v) is 0.0772. The number of halogens is 1. The van der Waals surface area contributed by atoms with E-state index in [-0.39, 0.29) is 5.76 Å². The first kappa shape index (κ1) is 5.47. The summed E-state index contributed by atoms with van der Waals surface area (Å²) >= 11 is 0. The average molecular weight is 90.1 g/mol. The highest BCUT2D eigenvalue weighted by atomic mass is 19.1. The summed E-state index contributed by atoms with van der Waals surface area (Å²) in [5, 5.41) is 8.15. The van der Waals surface area contributed by atoms with E-state index in [1.165, 1.54) is 6.08 Å². The van der Waals surface area contributed by atoms with Gasteiger partial charge in [-0.2, -0.15) is 0 Å². The summed E-state index contributed by atoms with van der Waals surface area (Å²) in [4.78, 5) is 0. The van der Waals surface area contributed by atoms with Gasteiger partial charge < -0.3 is 5.11 Å². The Morgan fingerprint density at radius 2 is 2.50 bits per heavy atom. The van der Waals surface area contributed by atoms with Crippen molar-refractivity contribution in [2.75, 3.05) is 6.67 Å². The molecule has 0 radical (unpaired) electrons. The van der Waals surface area contributed by atoms with Crippen LogP contribution in [0.25, 0.3) is 0 Å². The van der Waals surface area contributed by atoms with Crippen molar-refractivity contribution >= 4 is 0 Å². The van der Waals surface area contributed by atoms with Crippen LogP contribution in [-0.2, 0) is 0 Å². The Hall–Kier alpha value is -0.530. The van der Waals surface area contributed by atoms with E-state index in [1.54, 1.807) is 6.92 Å². The summed E-state index contributed by atoms with van der Waals surface area (Å²) in [7, 11) is 0. The second-order valence-corrected chi connectivity index (χ2v) is 0.914. The van der Waals surface area contributed by atoms with Crippen molar-refractivity contribution in [1.29, 1.82) is 0 Å². The van der Waals surface area contributed by atoms with Crippen molar-refractivity contribution in [2.45, 2.75) is 6.92 Å². The van der Waals surface area contributed by atoms with Crippen LogP contribution in [0.1, 0.15) is 6.92 Å². The zero-order valence-electron chi connectivity index (χ0n) is 3.61. The maximum absolute atomic E-state index is 11.1. The minimum atomic E-state index is -0.753. The Labute approximate surface area is 36.1 Å². The zero-order chi connectivity index (χ0) is 4.99. The number of allylic oxidation sites excluding steroid dienone is 2. The second-order valence-electron chi connectivity index (χ2n) is 0.914. The lowest BCUT2D eigenvalue weighted by Gasteiger charge is -1.81. The maximum Gasteiger partial charge on any atom is 0.146 e. The van der Waals surface area contributed by atoms with Crippen molar-refractivity contribution in [1.82, 2.24) is 0 Å². The minimum Gasteiger partial charge on any atom is -0.510 e. The summed E-state index contributed by atoms with van der Waals surface area (Å²) in [5.74, 6) is -0.199. The van der Waals surface area contributed by atoms with Gasteiger partial charge in [0.25, 0.3) is 0 Å². The van der Waals surface area contributed by atoms with Crippen molar-refractivity contribution in [2.24, 2.45) is 0 Å². The summed E-state index contributed by atoms with van der Waals surface area (Å²) in [5.41, 5.74) is 0. The first-order valence-corrected chi connectivity index (χ1v) is 1.71. The molecular weight excluding hydrogens is 83.0 g/mol. The number of alkyl halides is 1. The quantitative estimate of drug-likeness (QED) is 0.483. The van der Waals surface area contributed by atoms with E-state index >= 15 is 0 Å². The van der Waals surface area contributed by atoms with E-state index in [0.29, 0.717) is 0 Å². The van der Waals surface area contributed by atoms with Gasteiger partial charge in [0.1, 0.15) is 12.4 Å². The number of rotatable bonds is 1. The number of hydrogen-bond donors (Lipinski definition) is 1. The number of aliphatic hydroxyl groups excluding tert-OH is 1. The lowest BCUT2D eigenvalue weighted by atomic mass is 10.5. The topological polar surface area (TPSA) is 20.2 Å². The third-order valence-electron chi connectivity index (χ3n) is 0.470. The van der Waals surface area contributed by atoms with Crippen LogP contribution in [0.5, 0.6) is 0 Å². The van der Waals surface area contributed by atoms with Gasteiger partial charge in [-0.3, -0.25) is 0 Å². The largest absolute Gasteiger partial charge is 0.510 e. The Bertz CT molecular complexity index is 58.6. The molecular formula is C4H7FO. The molecule has 0 spiro atoms. The molecule has 0 rings (SSSR count). The highest BCUT2D eigenvalue weighted by Gasteiger charge is 1.80. The zero-order valence-corrected chi connectivity index (χ0v) is 3.61. The summed E-state index contributed by atoms with van der Waals surface area (Å²) in [6.07, 6.45) is 1.32. The van der Waals surface area contributed by atoms with E-state index in [9.17, 15) is 4.39 Å². The molecule has 0 aromatic heterocycles. The van der Waals surface area contributed by atoms with Crippen LogP contribution in [-0.4, -0.2) is 11.8 Å². The SMILES string of the molecule is C/C=C(/O)CF. The van der Waals surface area contributed by atoms with Crippen LogP contribution < -0.4 is 0 Å². The Morgan fingerprint density at radius 3 is 2.50 bits per heavy atom. The molecule has 36 valence electrons. The molecule has 0 atom stereocenters. The monoisotopic (exact) mass is 90.0 g/mol. The molecule has 0 saturated heterocycles. The van der Waals surface area contributed by atoms with Gasteiger partial charge in [0.2, 0.25) is 0 Å². The molecule has 2 heteroatoms. The third-order valence-corrected chi connectivity index (χ3v) is 0.470. The van der Waals surface area contributed by atoms with Crippen molar-refractivity contribution < 1.29 is 9.50 Å². The fraction of sp³-hybridized carbons (Fsp3) is 0.500. The normalized spacial score (nSPS) is 12.0. The number of aliphatic hydroxyl groups is 1. The fourth-order valence-electron chi connectivity index (χ4n) is 0.0772.